The second kappa shape index (κ2) is 20.0. The molecule has 4 amide bonds. The molecule has 6 heterocycles. The molecule has 2 fully saturated rings. The number of piperidine rings is 1. The van der Waals surface area contributed by atoms with Crippen molar-refractivity contribution in [2.45, 2.75) is 103 Å². The highest BCUT2D eigenvalue weighted by atomic mass is 32.2. The summed E-state index contributed by atoms with van der Waals surface area (Å²) in [5.41, 5.74) is 7.07. The third-order valence-corrected chi connectivity index (χ3v) is 16.6. The Kier molecular flexibility index (Phi) is 13.4. The van der Waals surface area contributed by atoms with Crippen molar-refractivity contribution < 1.29 is 27.6 Å². The van der Waals surface area contributed by atoms with Gasteiger partial charge in [0.15, 0.2) is 5.13 Å². The molecule has 4 aromatic heterocycles. The Labute approximate surface area is 414 Å². The monoisotopic (exact) mass is 996 g/mol. The molecule has 10 rings (SSSR count). The minimum atomic E-state index is -4.10. The fourth-order valence-electron chi connectivity index (χ4n) is 10.4. The van der Waals surface area contributed by atoms with Crippen LogP contribution in [0.3, 0.4) is 0 Å². The van der Waals surface area contributed by atoms with Crippen LogP contribution in [-0.4, -0.2) is 73.2 Å². The number of benzene rings is 3. The second-order valence-electron chi connectivity index (χ2n) is 19.0. The van der Waals surface area contributed by atoms with Gasteiger partial charge in [-0.15, -0.1) is 0 Å². The van der Waals surface area contributed by atoms with E-state index in [1.54, 1.807) is 19.3 Å². The highest BCUT2D eigenvalue weighted by Crippen LogP contribution is 2.34. The Balaban J connectivity index is 0.840. The largest absolute Gasteiger partial charge is 0.352 e. The molecule has 0 radical (unpaired) electrons. The highest BCUT2D eigenvalue weighted by molar-refractivity contribution is 7.90. The first-order valence-electron chi connectivity index (χ1n) is 24.4. The Morgan fingerprint density at radius 2 is 1.69 bits per heavy atom. The number of fused-ring (bicyclic) bond motifs is 3. The Hall–Kier alpha value is -6.99. The molecule has 1 aliphatic carbocycles. The summed E-state index contributed by atoms with van der Waals surface area (Å²) in [5, 5.41) is 10.6. The number of hydrogen-bond donors (Lipinski definition) is 3. The van der Waals surface area contributed by atoms with Crippen LogP contribution in [0.4, 0.5) is 10.9 Å². The topological polar surface area (TPSA) is 212 Å². The minimum Gasteiger partial charge on any atom is -0.352 e. The molecule has 1 atom stereocenters. The van der Waals surface area contributed by atoms with Gasteiger partial charge < -0.3 is 4.90 Å². The fraction of sp³-hybridized carbons (Fsp3) is 0.385. The maximum absolute atomic E-state index is 14.4. The van der Waals surface area contributed by atoms with Gasteiger partial charge in [0.25, 0.3) is 11.8 Å². The van der Waals surface area contributed by atoms with E-state index in [-0.39, 0.29) is 41.8 Å². The van der Waals surface area contributed by atoms with Crippen molar-refractivity contribution in [1.29, 1.82) is 0 Å². The molecule has 0 spiro atoms. The number of aryl methyl sites for hydroxylation is 2. The first-order valence-corrected chi connectivity index (χ1v) is 26.9. The van der Waals surface area contributed by atoms with Crippen molar-refractivity contribution in [1.82, 2.24) is 38.9 Å². The number of thiazole rings is 1. The zero-order chi connectivity index (χ0) is 49.4. The zero-order valence-corrected chi connectivity index (χ0v) is 41.4. The number of carbonyl (C=O) groups is 4. The molecule has 71 heavy (non-hydrogen) atoms. The number of imidazole rings is 1. The average Bonchev–Trinajstić information content (AvgIpc) is 4.02. The SMILES string of the molecule is Cc1c(-c2ccc(N3CCc4cccc(C(=O)Nc5nc6ccccc6s5)c4C3)nc2C(=O)NS(=O)(=O)CCCCCc2ccc3c(c2)n(C)c(=O)n3C2CCC(=O)NC2=O)cnn1CC1CCCCC1. The number of hydrogen-bond acceptors (Lipinski definition) is 12. The number of para-hydroxylation sites is 1. The van der Waals surface area contributed by atoms with Crippen LogP contribution in [0.25, 0.3) is 32.4 Å². The molecular formula is C52H56N10O7S2. The number of anilines is 2. The van der Waals surface area contributed by atoms with Gasteiger partial charge in [0.2, 0.25) is 21.8 Å². The summed E-state index contributed by atoms with van der Waals surface area (Å²) in [6.45, 7) is 3.63. The first-order chi connectivity index (χ1) is 34.3. The third-order valence-electron chi connectivity index (χ3n) is 14.3. The second-order valence-corrected chi connectivity index (χ2v) is 21.9. The van der Waals surface area contributed by atoms with Crippen molar-refractivity contribution >= 4 is 77.2 Å². The summed E-state index contributed by atoms with van der Waals surface area (Å²) in [4.78, 5) is 77.3. The Morgan fingerprint density at radius 1 is 0.859 bits per heavy atom. The van der Waals surface area contributed by atoms with Crippen LogP contribution in [-0.2, 0) is 52.6 Å². The summed E-state index contributed by atoms with van der Waals surface area (Å²) < 4.78 is 35.6. The molecule has 1 saturated heterocycles. The fourth-order valence-corrected chi connectivity index (χ4v) is 12.4. The number of pyridine rings is 1. The van der Waals surface area contributed by atoms with Gasteiger partial charge in [0.05, 0.1) is 33.2 Å². The Morgan fingerprint density at radius 3 is 2.51 bits per heavy atom. The maximum atomic E-state index is 14.4. The lowest BCUT2D eigenvalue weighted by Crippen LogP contribution is -2.44. The molecule has 17 nitrogen and oxygen atoms in total. The van der Waals surface area contributed by atoms with Crippen LogP contribution in [0, 0.1) is 12.8 Å². The molecule has 3 aromatic carbocycles. The van der Waals surface area contributed by atoms with E-state index < -0.39 is 27.9 Å². The highest BCUT2D eigenvalue weighted by Gasteiger charge is 2.32. The van der Waals surface area contributed by atoms with E-state index in [9.17, 15) is 32.4 Å². The van der Waals surface area contributed by atoms with Gasteiger partial charge in [-0.05, 0) is 117 Å². The smallest absolute Gasteiger partial charge is 0.329 e. The number of imide groups is 1. The van der Waals surface area contributed by atoms with Crippen molar-refractivity contribution in [2.24, 2.45) is 13.0 Å². The van der Waals surface area contributed by atoms with Gasteiger partial charge in [-0.25, -0.2) is 27.9 Å². The van der Waals surface area contributed by atoms with Gasteiger partial charge in [0, 0.05) is 55.5 Å². The summed E-state index contributed by atoms with van der Waals surface area (Å²) in [7, 11) is -2.45. The zero-order valence-electron chi connectivity index (χ0n) is 39.8. The van der Waals surface area contributed by atoms with Crippen molar-refractivity contribution in [3.8, 4) is 11.1 Å². The number of rotatable bonds is 15. The van der Waals surface area contributed by atoms with Gasteiger partial charge in [0.1, 0.15) is 17.6 Å². The normalized spacial score (nSPS) is 16.6. The maximum Gasteiger partial charge on any atom is 0.329 e. The van der Waals surface area contributed by atoms with Crippen molar-refractivity contribution in [3.05, 3.63) is 123 Å². The number of amides is 4. The number of nitrogens with zero attached hydrogens (tertiary/aromatic N) is 7. The Bertz CT molecular complexity index is 3370. The molecule has 1 unspecified atom stereocenters. The van der Waals surface area contributed by atoms with E-state index in [0.717, 1.165) is 52.0 Å². The molecule has 0 bridgehead atoms. The number of carbonyl (C=O) groups excluding carboxylic acids is 4. The van der Waals surface area contributed by atoms with Crippen LogP contribution >= 0.6 is 11.3 Å². The number of nitrogens with one attached hydrogen (secondary N) is 3. The van der Waals surface area contributed by atoms with Crippen LogP contribution < -0.4 is 25.9 Å². The summed E-state index contributed by atoms with van der Waals surface area (Å²) in [6.07, 6.45) is 10.8. The average molecular weight is 997 g/mol. The van der Waals surface area contributed by atoms with E-state index in [0.29, 0.717) is 89.8 Å². The van der Waals surface area contributed by atoms with Gasteiger partial charge >= 0.3 is 5.69 Å². The van der Waals surface area contributed by atoms with Crippen molar-refractivity contribution in [3.63, 3.8) is 0 Å². The summed E-state index contributed by atoms with van der Waals surface area (Å²) >= 11 is 1.41. The van der Waals surface area contributed by atoms with Gasteiger partial charge in [-0.3, -0.25) is 43.6 Å². The summed E-state index contributed by atoms with van der Waals surface area (Å²) in [5.74, 6) is -1.25. The molecular weight excluding hydrogens is 941 g/mol. The van der Waals surface area contributed by atoms with Crippen LogP contribution in [0.5, 0.6) is 0 Å². The standard InChI is InChI=1S/C52H56N10O7S2/c1-32-38(29-53-61(32)30-34-13-5-3-6-14-34)36-20-23-45(60-26-25-35-15-11-16-37(39(35)31-60)48(64)57-51-54-40-17-8-9-18-44(40)70-51)55-47(36)50(66)58-71(68,69)27-10-4-7-12-33-19-21-41-43(28-33)59(2)52(67)62(41)42-22-24-46(63)56-49(42)65/h8-9,11,15-21,23,28-29,34,42H,3-7,10,12-14,22,24-27,30-31H2,1-2H3,(H,58,66)(H,54,57,64)(H,56,63,65). The molecule has 19 heteroatoms. The van der Waals surface area contributed by atoms with Crippen LogP contribution in [0.2, 0.25) is 0 Å². The number of sulfonamides is 1. The van der Waals surface area contributed by atoms with E-state index in [2.05, 4.69) is 20.3 Å². The van der Waals surface area contributed by atoms with Crippen molar-refractivity contribution in [2.75, 3.05) is 22.5 Å². The lowest BCUT2D eigenvalue weighted by atomic mass is 9.89. The molecule has 3 N–H and O–H groups in total. The van der Waals surface area contributed by atoms with E-state index in [1.807, 2.05) is 83.2 Å². The molecule has 3 aliphatic rings. The van der Waals surface area contributed by atoms with E-state index in [1.165, 1.54) is 39.7 Å². The molecule has 368 valence electrons. The van der Waals surface area contributed by atoms with Gasteiger partial charge in [-0.1, -0.05) is 67.4 Å². The lowest BCUT2D eigenvalue weighted by Gasteiger charge is -2.31. The quantitative estimate of drug-likeness (QED) is 0.0682. The third kappa shape index (κ3) is 10.0. The van der Waals surface area contributed by atoms with Gasteiger partial charge in [-0.2, -0.15) is 5.10 Å². The summed E-state index contributed by atoms with van der Waals surface area (Å²) in [6, 6.07) is 21.9. The number of unbranched alkanes of at least 4 members (excludes halogenated alkanes) is 2. The van der Waals surface area contributed by atoms with E-state index >= 15 is 0 Å². The van der Waals surface area contributed by atoms with Crippen LogP contribution in [0.1, 0.15) is 113 Å². The first kappa shape index (κ1) is 47.7. The minimum absolute atomic E-state index is 0.0321. The predicted octanol–water partition coefficient (Wildman–Crippen LogP) is 7.36. The lowest BCUT2D eigenvalue weighted by molar-refractivity contribution is -0.135. The molecule has 2 aliphatic heterocycles. The molecule has 7 aromatic rings. The molecule has 1 saturated carbocycles. The predicted molar refractivity (Wildman–Crippen MR) is 273 cm³/mol. The number of aromatic nitrogens is 6. The van der Waals surface area contributed by atoms with Crippen LogP contribution in [0.15, 0.2) is 83.8 Å². The van der Waals surface area contributed by atoms with E-state index in [4.69, 9.17) is 10.1 Å².